The van der Waals surface area contributed by atoms with Crippen molar-refractivity contribution >= 4 is 23.5 Å². The SMILES string of the molecule is Cc1cc(N2CCOCC2)ccc1/C=N\NC(=O)c1ccc(N(C)C)cc1. The predicted octanol–water partition coefficient (Wildman–Crippen LogP) is 2.66. The first-order chi connectivity index (χ1) is 13.0. The fourth-order valence-corrected chi connectivity index (χ4v) is 2.96. The lowest BCUT2D eigenvalue weighted by Crippen LogP contribution is -2.36. The zero-order chi connectivity index (χ0) is 19.2. The lowest BCUT2D eigenvalue weighted by Gasteiger charge is -2.29. The summed E-state index contributed by atoms with van der Waals surface area (Å²) in [7, 11) is 3.93. The van der Waals surface area contributed by atoms with Crippen molar-refractivity contribution < 1.29 is 9.53 Å². The molecule has 0 aliphatic carbocycles. The van der Waals surface area contributed by atoms with Gasteiger partial charge in [-0.1, -0.05) is 6.07 Å². The Balaban J connectivity index is 1.61. The van der Waals surface area contributed by atoms with Crippen LogP contribution >= 0.6 is 0 Å². The number of benzene rings is 2. The molecule has 0 bridgehead atoms. The summed E-state index contributed by atoms with van der Waals surface area (Å²) >= 11 is 0. The average molecular weight is 366 g/mol. The number of anilines is 2. The van der Waals surface area contributed by atoms with Crippen molar-refractivity contribution in [3.05, 3.63) is 59.2 Å². The number of ether oxygens (including phenoxy) is 1. The number of nitrogens with zero attached hydrogens (tertiary/aromatic N) is 3. The molecule has 0 spiro atoms. The van der Waals surface area contributed by atoms with Crippen LogP contribution in [-0.4, -0.2) is 52.5 Å². The van der Waals surface area contributed by atoms with Crippen molar-refractivity contribution in [1.82, 2.24) is 5.43 Å². The van der Waals surface area contributed by atoms with Crippen LogP contribution in [0.25, 0.3) is 0 Å². The van der Waals surface area contributed by atoms with Crippen molar-refractivity contribution in [2.24, 2.45) is 5.10 Å². The van der Waals surface area contributed by atoms with E-state index in [9.17, 15) is 4.79 Å². The van der Waals surface area contributed by atoms with Crippen LogP contribution in [0, 0.1) is 6.92 Å². The monoisotopic (exact) mass is 366 g/mol. The van der Waals surface area contributed by atoms with Gasteiger partial charge in [-0.3, -0.25) is 4.79 Å². The van der Waals surface area contributed by atoms with Gasteiger partial charge in [-0.2, -0.15) is 5.10 Å². The second-order valence-electron chi connectivity index (χ2n) is 6.78. The minimum Gasteiger partial charge on any atom is -0.378 e. The van der Waals surface area contributed by atoms with Gasteiger partial charge in [0.2, 0.25) is 0 Å². The number of hydrogen-bond donors (Lipinski definition) is 1. The van der Waals surface area contributed by atoms with Crippen molar-refractivity contribution in [2.75, 3.05) is 50.2 Å². The normalized spacial score (nSPS) is 14.4. The highest BCUT2D eigenvalue weighted by molar-refractivity contribution is 5.95. The van der Waals surface area contributed by atoms with E-state index in [0.717, 1.165) is 43.1 Å². The molecule has 6 heteroatoms. The molecule has 1 aliphatic heterocycles. The fraction of sp³-hybridized carbons (Fsp3) is 0.333. The van der Waals surface area contributed by atoms with Crippen molar-refractivity contribution in [2.45, 2.75) is 6.92 Å². The highest BCUT2D eigenvalue weighted by Gasteiger charge is 2.11. The highest BCUT2D eigenvalue weighted by Crippen LogP contribution is 2.19. The summed E-state index contributed by atoms with van der Waals surface area (Å²) in [5.74, 6) is -0.223. The first-order valence-electron chi connectivity index (χ1n) is 9.09. The Bertz CT molecular complexity index is 809. The van der Waals surface area contributed by atoms with Gasteiger partial charge in [-0.15, -0.1) is 0 Å². The van der Waals surface area contributed by atoms with E-state index in [1.54, 1.807) is 18.3 Å². The smallest absolute Gasteiger partial charge is 0.271 e. The molecule has 2 aromatic carbocycles. The number of hydrazone groups is 1. The van der Waals surface area contributed by atoms with E-state index in [2.05, 4.69) is 27.6 Å². The molecule has 0 aromatic heterocycles. The topological polar surface area (TPSA) is 57.2 Å². The predicted molar refractivity (Wildman–Crippen MR) is 110 cm³/mol. The van der Waals surface area contributed by atoms with Crippen LogP contribution in [0.2, 0.25) is 0 Å². The van der Waals surface area contributed by atoms with Crippen LogP contribution in [0.4, 0.5) is 11.4 Å². The summed E-state index contributed by atoms with van der Waals surface area (Å²) in [5.41, 5.74) is 7.51. The number of carbonyl (C=O) groups is 1. The molecule has 0 unspecified atom stereocenters. The zero-order valence-corrected chi connectivity index (χ0v) is 16.1. The van der Waals surface area contributed by atoms with Gasteiger partial charge in [-0.05, 0) is 54.4 Å². The van der Waals surface area contributed by atoms with Gasteiger partial charge >= 0.3 is 0 Å². The fourth-order valence-electron chi connectivity index (χ4n) is 2.96. The van der Waals surface area contributed by atoms with Gasteiger partial charge in [-0.25, -0.2) is 5.43 Å². The maximum Gasteiger partial charge on any atom is 0.271 e. The van der Waals surface area contributed by atoms with Crippen LogP contribution in [0.1, 0.15) is 21.5 Å². The van der Waals surface area contributed by atoms with Crippen LogP contribution in [0.3, 0.4) is 0 Å². The second-order valence-corrected chi connectivity index (χ2v) is 6.78. The maximum absolute atomic E-state index is 12.2. The van der Waals surface area contributed by atoms with Crippen LogP contribution < -0.4 is 15.2 Å². The largest absolute Gasteiger partial charge is 0.378 e. The molecule has 1 heterocycles. The standard InChI is InChI=1S/C21H26N4O2/c1-16-14-20(25-10-12-27-13-11-25)9-6-18(16)15-22-23-21(26)17-4-7-19(8-5-17)24(2)3/h4-9,14-15H,10-13H2,1-3H3,(H,23,26)/b22-15-. The van der Waals surface area contributed by atoms with Crippen LogP contribution in [0.5, 0.6) is 0 Å². The summed E-state index contributed by atoms with van der Waals surface area (Å²) in [4.78, 5) is 16.5. The average Bonchev–Trinajstić information content (AvgIpc) is 2.69. The van der Waals surface area contributed by atoms with Crippen molar-refractivity contribution in [1.29, 1.82) is 0 Å². The number of amides is 1. The minimum atomic E-state index is -0.223. The molecule has 1 fully saturated rings. The Hall–Kier alpha value is -2.86. The zero-order valence-electron chi connectivity index (χ0n) is 16.1. The summed E-state index contributed by atoms with van der Waals surface area (Å²) in [5, 5.41) is 4.11. The molecule has 1 saturated heterocycles. The van der Waals surface area contributed by atoms with E-state index in [1.165, 1.54) is 5.69 Å². The van der Waals surface area contributed by atoms with E-state index < -0.39 is 0 Å². The summed E-state index contributed by atoms with van der Waals surface area (Å²) < 4.78 is 5.40. The molecular weight excluding hydrogens is 340 g/mol. The molecule has 2 aromatic rings. The van der Waals surface area contributed by atoms with Crippen LogP contribution in [0.15, 0.2) is 47.6 Å². The number of nitrogens with one attached hydrogen (secondary N) is 1. The summed E-state index contributed by atoms with van der Waals surface area (Å²) in [6, 6.07) is 13.7. The Labute approximate surface area is 160 Å². The molecule has 1 N–H and O–H groups in total. The number of rotatable bonds is 5. The molecule has 1 amide bonds. The second kappa shape index (κ2) is 8.68. The summed E-state index contributed by atoms with van der Waals surface area (Å²) in [6.45, 7) is 5.41. The van der Waals surface area contributed by atoms with E-state index in [4.69, 9.17) is 4.74 Å². The van der Waals surface area contributed by atoms with Gasteiger partial charge < -0.3 is 14.5 Å². The quantitative estimate of drug-likeness (QED) is 0.653. The van der Waals surface area contributed by atoms with E-state index in [1.807, 2.05) is 44.1 Å². The van der Waals surface area contributed by atoms with E-state index in [-0.39, 0.29) is 5.91 Å². The lowest BCUT2D eigenvalue weighted by molar-refractivity contribution is 0.0955. The molecular formula is C21H26N4O2. The first-order valence-corrected chi connectivity index (χ1v) is 9.09. The molecule has 6 nitrogen and oxygen atoms in total. The third-order valence-electron chi connectivity index (χ3n) is 4.65. The van der Waals surface area contributed by atoms with Crippen molar-refractivity contribution in [3.8, 4) is 0 Å². The Morgan fingerprint density at radius 1 is 1.15 bits per heavy atom. The van der Waals surface area contributed by atoms with Gasteiger partial charge in [0.1, 0.15) is 0 Å². The van der Waals surface area contributed by atoms with Crippen molar-refractivity contribution in [3.63, 3.8) is 0 Å². The molecule has 0 saturated carbocycles. The first kappa shape index (κ1) is 18.9. The minimum absolute atomic E-state index is 0.223. The summed E-state index contributed by atoms with van der Waals surface area (Å²) in [6.07, 6.45) is 1.69. The third-order valence-corrected chi connectivity index (χ3v) is 4.65. The highest BCUT2D eigenvalue weighted by atomic mass is 16.5. The molecule has 0 radical (unpaired) electrons. The number of carbonyl (C=O) groups excluding carboxylic acids is 1. The van der Waals surface area contributed by atoms with E-state index in [0.29, 0.717) is 5.56 Å². The maximum atomic E-state index is 12.2. The third kappa shape index (κ3) is 4.86. The van der Waals surface area contributed by atoms with Gasteiger partial charge in [0.15, 0.2) is 0 Å². The van der Waals surface area contributed by atoms with Gasteiger partial charge in [0.25, 0.3) is 5.91 Å². The Kier molecular flexibility index (Phi) is 6.08. The number of aryl methyl sites for hydroxylation is 1. The lowest BCUT2D eigenvalue weighted by atomic mass is 10.1. The van der Waals surface area contributed by atoms with E-state index >= 15 is 0 Å². The molecule has 1 aliphatic rings. The molecule has 0 atom stereocenters. The van der Waals surface area contributed by atoms with Crippen LogP contribution in [-0.2, 0) is 4.74 Å². The Morgan fingerprint density at radius 2 is 1.85 bits per heavy atom. The number of hydrogen-bond acceptors (Lipinski definition) is 5. The number of morpholine rings is 1. The molecule has 3 rings (SSSR count). The van der Waals surface area contributed by atoms with Gasteiger partial charge in [0.05, 0.1) is 19.4 Å². The van der Waals surface area contributed by atoms with Gasteiger partial charge in [0, 0.05) is 44.1 Å². The molecule has 27 heavy (non-hydrogen) atoms. The Morgan fingerprint density at radius 3 is 2.48 bits per heavy atom. The molecule has 142 valence electrons.